The molecule has 3 aromatic rings. The number of halogens is 1. The maximum atomic E-state index is 13.8. The summed E-state index contributed by atoms with van der Waals surface area (Å²) in [5.41, 5.74) is 0.543. The molecule has 2 aromatic heterocycles. The van der Waals surface area contributed by atoms with Gasteiger partial charge in [-0.2, -0.15) is 0 Å². The summed E-state index contributed by atoms with van der Waals surface area (Å²) in [6.45, 7) is 2.38. The molecule has 3 aliphatic heterocycles. The predicted molar refractivity (Wildman–Crippen MR) is 140 cm³/mol. The minimum atomic E-state index is -1.15. The van der Waals surface area contributed by atoms with E-state index >= 15 is 0 Å². The number of nitrogens with zero attached hydrogens (tertiary/aromatic N) is 4. The zero-order valence-electron chi connectivity index (χ0n) is 22.0. The highest BCUT2D eigenvalue weighted by Crippen LogP contribution is 2.39. The van der Waals surface area contributed by atoms with E-state index in [1.54, 1.807) is 0 Å². The molecule has 0 amide bonds. The zero-order valence-corrected chi connectivity index (χ0v) is 23.6. The van der Waals surface area contributed by atoms with Crippen molar-refractivity contribution in [1.29, 1.82) is 0 Å². The molecule has 1 N–H and O–H groups in total. The van der Waals surface area contributed by atoms with Crippen LogP contribution in [0.1, 0.15) is 38.0 Å². The van der Waals surface area contributed by atoms with Gasteiger partial charge in [-0.25, -0.2) is 9.97 Å². The molecule has 218 valence electrons. The van der Waals surface area contributed by atoms with Gasteiger partial charge in [-0.3, -0.25) is 23.5 Å². The predicted octanol–water partition coefficient (Wildman–Crippen LogP) is 1.16. The Morgan fingerprint density at radius 2 is 1.80 bits per heavy atom. The molecule has 41 heavy (non-hydrogen) atoms. The normalized spacial score (nSPS) is 31.2. The number of aromatic nitrogens is 4. The summed E-state index contributed by atoms with van der Waals surface area (Å²) in [6, 6.07) is 9.00. The van der Waals surface area contributed by atoms with Crippen LogP contribution in [0.3, 0.4) is 0 Å². The standard InChI is InChI=1S/C26H27BrN4O10/c1-12(33)38-20-16(8-32)40-24(21(20)39-13(2)34)31-22-18(29-26(31)27)23(35)30(11-28-22)15-9-36-17-10-37-25(41-19(15)17)14-6-4-3-5-7-14/h3-7,11,15-17,19-21,24-25,32H,8-10H2,1-2H3/t15-,16+,17-,19-,20+,21+,24+,25?/m0/s1. The smallest absolute Gasteiger partial charge is 0.303 e. The third-order valence-electron chi connectivity index (χ3n) is 7.26. The van der Waals surface area contributed by atoms with Crippen LogP contribution in [0.2, 0.25) is 0 Å². The van der Waals surface area contributed by atoms with Crippen molar-refractivity contribution in [3.8, 4) is 0 Å². The fraction of sp³-hybridized carbons (Fsp3) is 0.500. The fourth-order valence-corrected chi connectivity index (χ4v) is 6.05. The second-order valence-electron chi connectivity index (χ2n) is 9.89. The van der Waals surface area contributed by atoms with Crippen LogP contribution in [0.25, 0.3) is 11.2 Å². The molecule has 3 aliphatic rings. The van der Waals surface area contributed by atoms with E-state index in [2.05, 4.69) is 25.9 Å². The van der Waals surface area contributed by atoms with Crippen molar-refractivity contribution in [1.82, 2.24) is 19.1 Å². The van der Waals surface area contributed by atoms with Crippen molar-refractivity contribution in [3.05, 3.63) is 57.3 Å². The van der Waals surface area contributed by atoms with Crippen molar-refractivity contribution >= 4 is 39.0 Å². The topological polar surface area (TPSA) is 162 Å². The van der Waals surface area contributed by atoms with Gasteiger partial charge >= 0.3 is 11.9 Å². The second kappa shape index (κ2) is 11.2. The Kier molecular flexibility index (Phi) is 7.65. The monoisotopic (exact) mass is 634 g/mol. The minimum Gasteiger partial charge on any atom is -0.456 e. The number of hydrogen-bond donors (Lipinski definition) is 1. The van der Waals surface area contributed by atoms with E-state index in [-0.39, 0.29) is 28.6 Å². The van der Waals surface area contributed by atoms with Gasteiger partial charge in [0.1, 0.15) is 24.6 Å². The van der Waals surface area contributed by atoms with Gasteiger partial charge < -0.3 is 33.5 Å². The number of aliphatic hydroxyl groups is 1. The first-order valence-corrected chi connectivity index (χ1v) is 13.7. The van der Waals surface area contributed by atoms with Crippen molar-refractivity contribution in [2.24, 2.45) is 0 Å². The highest BCUT2D eigenvalue weighted by Gasteiger charge is 2.51. The van der Waals surface area contributed by atoms with E-state index in [9.17, 15) is 19.5 Å². The van der Waals surface area contributed by atoms with Crippen molar-refractivity contribution in [2.45, 2.75) is 62.9 Å². The first kappa shape index (κ1) is 27.9. The second-order valence-corrected chi connectivity index (χ2v) is 10.6. The molecule has 8 atom stereocenters. The molecule has 15 heteroatoms. The quantitative estimate of drug-likeness (QED) is 0.304. The van der Waals surface area contributed by atoms with Gasteiger partial charge in [-0.05, 0) is 15.9 Å². The average Bonchev–Trinajstić information content (AvgIpc) is 3.62. The number of rotatable bonds is 6. The van der Waals surface area contributed by atoms with Gasteiger partial charge in [0.05, 0.1) is 25.9 Å². The maximum absolute atomic E-state index is 13.8. The number of hydrogen-bond acceptors (Lipinski definition) is 12. The van der Waals surface area contributed by atoms with Gasteiger partial charge in [-0.15, -0.1) is 0 Å². The Morgan fingerprint density at radius 3 is 2.51 bits per heavy atom. The van der Waals surface area contributed by atoms with E-state index in [0.717, 1.165) is 5.56 Å². The lowest BCUT2D eigenvalue weighted by atomic mass is 10.1. The van der Waals surface area contributed by atoms with Crippen LogP contribution < -0.4 is 5.56 Å². The summed E-state index contributed by atoms with van der Waals surface area (Å²) in [6.07, 6.45) is -4.45. The summed E-state index contributed by atoms with van der Waals surface area (Å²) in [5, 5.41) is 9.89. The van der Waals surface area contributed by atoms with Crippen LogP contribution in [0.15, 0.2) is 46.2 Å². The molecule has 1 aromatic carbocycles. The Hall–Kier alpha value is -3.21. The van der Waals surface area contributed by atoms with Crippen LogP contribution in [0.5, 0.6) is 0 Å². The van der Waals surface area contributed by atoms with E-state index in [4.69, 9.17) is 28.4 Å². The number of ether oxygens (including phenoxy) is 6. The lowest BCUT2D eigenvalue weighted by Crippen LogP contribution is -2.43. The number of aliphatic hydroxyl groups excluding tert-OH is 1. The number of carbonyl (C=O) groups is 2. The molecular formula is C26H27BrN4O10. The van der Waals surface area contributed by atoms with E-state index in [1.807, 2.05) is 30.3 Å². The lowest BCUT2D eigenvalue weighted by Gasteiger charge is -2.34. The molecule has 5 heterocycles. The Morgan fingerprint density at radius 1 is 1.07 bits per heavy atom. The Labute approximate surface area is 241 Å². The summed E-state index contributed by atoms with van der Waals surface area (Å²) >= 11 is 3.36. The molecular weight excluding hydrogens is 608 g/mol. The first-order chi connectivity index (χ1) is 19.8. The van der Waals surface area contributed by atoms with Crippen LogP contribution in [-0.4, -0.2) is 86.5 Å². The molecule has 0 bridgehead atoms. The van der Waals surface area contributed by atoms with Crippen molar-refractivity contribution in [3.63, 3.8) is 0 Å². The molecule has 3 saturated heterocycles. The highest BCUT2D eigenvalue weighted by atomic mass is 79.9. The third-order valence-corrected chi connectivity index (χ3v) is 7.82. The lowest BCUT2D eigenvalue weighted by molar-refractivity contribution is -0.247. The molecule has 14 nitrogen and oxygen atoms in total. The summed E-state index contributed by atoms with van der Waals surface area (Å²) in [7, 11) is 0. The number of esters is 2. The first-order valence-electron chi connectivity index (χ1n) is 13.0. The van der Waals surface area contributed by atoms with Gasteiger partial charge in [0, 0.05) is 19.4 Å². The molecule has 0 radical (unpaired) electrons. The molecule has 1 unspecified atom stereocenters. The number of benzene rings is 1. The third kappa shape index (κ3) is 5.06. The largest absolute Gasteiger partial charge is 0.456 e. The summed E-state index contributed by atoms with van der Waals surface area (Å²) < 4.78 is 37.8. The Bertz CT molecular complexity index is 1510. The fourth-order valence-electron chi connectivity index (χ4n) is 5.50. The maximum Gasteiger partial charge on any atom is 0.303 e. The van der Waals surface area contributed by atoms with E-state index in [1.165, 1.54) is 29.3 Å². The molecule has 0 saturated carbocycles. The Balaban J connectivity index is 1.34. The highest BCUT2D eigenvalue weighted by molar-refractivity contribution is 9.10. The van der Waals surface area contributed by atoms with Crippen LogP contribution in [0.4, 0.5) is 0 Å². The van der Waals surface area contributed by atoms with Gasteiger partial charge in [0.15, 0.2) is 40.6 Å². The minimum absolute atomic E-state index is 0.0103. The summed E-state index contributed by atoms with van der Waals surface area (Å²) in [4.78, 5) is 46.4. The van der Waals surface area contributed by atoms with Crippen LogP contribution in [-0.2, 0) is 38.0 Å². The number of imidazole rings is 1. The number of carbonyl (C=O) groups excluding carboxylic acids is 2. The van der Waals surface area contributed by atoms with E-state index < -0.39 is 67.1 Å². The van der Waals surface area contributed by atoms with E-state index in [0.29, 0.717) is 6.61 Å². The van der Waals surface area contributed by atoms with Gasteiger partial charge in [-0.1, -0.05) is 30.3 Å². The van der Waals surface area contributed by atoms with Gasteiger partial charge in [0.25, 0.3) is 5.56 Å². The molecule has 0 aliphatic carbocycles. The molecule has 0 spiro atoms. The van der Waals surface area contributed by atoms with Crippen molar-refractivity contribution < 1.29 is 43.1 Å². The average molecular weight is 635 g/mol. The number of fused-ring (bicyclic) bond motifs is 2. The summed E-state index contributed by atoms with van der Waals surface area (Å²) in [5.74, 6) is -1.30. The molecule has 6 rings (SSSR count). The van der Waals surface area contributed by atoms with Crippen molar-refractivity contribution in [2.75, 3.05) is 19.8 Å². The van der Waals surface area contributed by atoms with Gasteiger partial charge in [0.2, 0.25) is 0 Å². The zero-order chi connectivity index (χ0) is 28.8. The van der Waals surface area contributed by atoms with Crippen LogP contribution in [0, 0.1) is 0 Å². The SMILES string of the molecule is CC(=O)O[C@@H]1[C@H](OC(C)=O)[C@@H](CO)O[C@H]1n1c(Br)nc2c(=O)n([C@H]3CO[C@H]4COC(c5ccccc5)O[C@H]43)cnc21. The molecule has 3 fully saturated rings. The van der Waals surface area contributed by atoms with Crippen LogP contribution >= 0.6 is 15.9 Å².